The Balaban J connectivity index is 2.47. The number of rotatable bonds is 6. The maximum atomic E-state index is 11.9. The second-order valence-corrected chi connectivity index (χ2v) is 4.57. The van der Waals surface area contributed by atoms with Crippen molar-refractivity contribution in [2.24, 2.45) is 5.92 Å². The van der Waals surface area contributed by atoms with Crippen LogP contribution in [0.1, 0.15) is 33.1 Å². The fourth-order valence-electron chi connectivity index (χ4n) is 1.91. The molecule has 1 heterocycles. The predicted octanol–water partition coefficient (Wildman–Crippen LogP) is 1.69. The summed E-state index contributed by atoms with van der Waals surface area (Å²) in [5, 5.41) is 7.03. The molecule has 0 aliphatic carbocycles. The van der Waals surface area contributed by atoms with Gasteiger partial charge < -0.3 is 15.0 Å². The molecule has 1 fully saturated rings. The van der Waals surface area contributed by atoms with E-state index in [0.717, 1.165) is 19.4 Å². The molecule has 1 aliphatic heterocycles. The Morgan fingerprint density at radius 3 is 2.88 bits per heavy atom. The number of hydrogen-bond donors (Lipinski definition) is 1. The Morgan fingerprint density at radius 1 is 1.62 bits per heavy atom. The minimum atomic E-state index is 0.0205. The largest absolute Gasteiger partial charge is 0.376 e. The first-order valence-electron chi connectivity index (χ1n) is 6.04. The van der Waals surface area contributed by atoms with Gasteiger partial charge in [0.25, 0.3) is 0 Å². The molecule has 1 unspecified atom stereocenters. The van der Waals surface area contributed by atoms with Crippen LogP contribution in [0.2, 0.25) is 0 Å². The molecule has 0 saturated carbocycles. The first-order valence-corrected chi connectivity index (χ1v) is 6.04. The Kier molecular flexibility index (Phi) is 5.46. The number of carbonyl (C=O) groups is 1. The van der Waals surface area contributed by atoms with E-state index < -0.39 is 0 Å². The zero-order chi connectivity index (χ0) is 12.0. The van der Waals surface area contributed by atoms with Crippen molar-refractivity contribution in [2.45, 2.75) is 39.2 Å². The Bertz CT molecular complexity index is 235. The molecule has 1 N–H and O–H groups in total. The quantitative estimate of drug-likeness (QED) is 0.701. The van der Waals surface area contributed by atoms with Gasteiger partial charge in [0.1, 0.15) is 0 Å². The van der Waals surface area contributed by atoms with Crippen molar-refractivity contribution in [2.75, 3.05) is 19.7 Å². The third-order valence-corrected chi connectivity index (χ3v) is 2.80. The van der Waals surface area contributed by atoms with Crippen molar-refractivity contribution in [1.82, 2.24) is 4.90 Å². The van der Waals surface area contributed by atoms with E-state index in [2.05, 4.69) is 0 Å². The van der Waals surface area contributed by atoms with E-state index in [9.17, 15) is 4.79 Å². The standard InChI is InChI=1S/C12H22N2O2/c1-10(2)12(15)14(7-4-6-13)9-11-5-3-8-16-11/h6,10-11,13H,3-5,7-9H2,1-2H3. The Labute approximate surface area is 97.5 Å². The van der Waals surface area contributed by atoms with Gasteiger partial charge in [-0.1, -0.05) is 13.8 Å². The second kappa shape index (κ2) is 6.63. The SMILES string of the molecule is CC(C)C(=O)N(CCC=N)CC1CCCO1. The molecule has 0 aromatic rings. The van der Waals surface area contributed by atoms with Crippen LogP contribution in [0.15, 0.2) is 0 Å². The van der Waals surface area contributed by atoms with Gasteiger partial charge in [0.05, 0.1) is 6.10 Å². The number of nitrogens with zero attached hydrogens (tertiary/aromatic N) is 1. The molecule has 1 atom stereocenters. The highest BCUT2D eigenvalue weighted by Crippen LogP contribution is 2.14. The molecule has 0 aromatic heterocycles. The third-order valence-electron chi connectivity index (χ3n) is 2.80. The van der Waals surface area contributed by atoms with Crippen molar-refractivity contribution < 1.29 is 9.53 Å². The molecule has 16 heavy (non-hydrogen) atoms. The van der Waals surface area contributed by atoms with Crippen LogP contribution in [0, 0.1) is 11.3 Å². The summed E-state index contributed by atoms with van der Waals surface area (Å²) in [6.07, 6.45) is 4.33. The van der Waals surface area contributed by atoms with Gasteiger partial charge in [-0.25, -0.2) is 0 Å². The van der Waals surface area contributed by atoms with E-state index in [-0.39, 0.29) is 17.9 Å². The predicted molar refractivity (Wildman–Crippen MR) is 63.8 cm³/mol. The van der Waals surface area contributed by atoms with Crippen LogP contribution in [0.25, 0.3) is 0 Å². The Hall–Kier alpha value is -0.900. The van der Waals surface area contributed by atoms with E-state index in [4.69, 9.17) is 10.1 Å². The average molecular weight is 226 g/mol. The van der Waals surface area contributed by atoms with E-state index in [1.54, 1.807) is 0 Å². The minimum absolute atomic E-state index is 0.0205. The summed E-state index contributed by atoms with van der Waals surface area (Å²) >= 11 is 0. The fourth-order valence-corrected chi connectivity index (χ4v) is 1.91. The van der Waals surface area contributed by atoms with Gasteiger partial charge in [0.2, 0.25) is 5.91 Å². The average Bonchev–Trinajstić information content (AvgIpc) is 2.75. The molecule has 4 nitrogen and oxygen atoms in total. The lowest BCUT2D eigenvalue weighted by molar-refractivity contribution is -0.135. The summed E-state index contributed by atoms with van der Waals surface area (Å²) in [5.74, 6) is 0.185. The van der Waals surface area contributed by atoms with Gasteiger partial charge in [-0.2, -0.15) is 0 Å². The molecule has 1 rings (SSSR count). The summed E-state index contributed by atoms with van der Waals surface area (Å²) in [6, 6.07) is 0. The van der Waals surface area contributed by atoms with Crippen molar-refractivity contribution >= 4 is 12.1 Å². The van der Waals surface area contributed by atoms with Gasteiger partial charge in [-0.05, 0) is 25.5 Å². The van der Waals surface area contributed by atoms with Crippen molar-refractivity contribution in [3.63, 3.8) is 0 Å². The molecule has 4 heteroatoms. The van der Waals surface area contributed by atoms with Crippen molar-refractivity contribution in [3.8, 4) is 0 Å². The van der Waals surface area contributed by atoms with Crippen molar-refractivity contribution in [1.29, 1.82) is 5.41 Å². The van der Waals surface area contributed by atoms with Crippen molar-refractivity contribution in [3.05, 3.63) is 0 Å². The molecular weight excluding hydrogens is 204 g/mol. The Morgan fingerprint density at radius 2 is 2.38 bits per heavy atom. The molecule has 1 saturated heterocycles. The van der Waals surface area contributed by atoms with Crippen LogP contribution in [-0.2, 0) is 9.53 Å². The van der Waals surface area contributed by atoms with E-state index in [0.29, 0.717) is 19.5 Å². The van der Waals surface area contributed by atoms with E-state index in [1.165, 1.54) is 6.21 Å². The lowest BCUT2D eigenvalue weighted by Crippen LogP contribution is -2.40. The molecule has 0 spiro atoms. The number of nitrogens with one attached hydrogen (secondary N) is 1. The van der Waals surface area contributed by atoms with Crippen LogP contribution in [0.4, 0.5) is 0 Å². The van der Waals surface area contributed by atoms with Gasteiger partial charge >= 0.3 is 0 Å². The number of carbonyl (C=O) groups excluding carboxylic acids is 1. The van der Waals surface area contributed by atoms with Crippen LogP contribution >= 0.6 is 0 Å². The van der Waals surface area contributed by atoms with Crippen LogP contribution in [0.5, 0.6) is 0 Å². The summed E-state index contributed by atoms with van der Waals surface area (Å²) in [5.41, 5.74) is 0. The summed E-state index contributed by atoms with van der Waals surface area (Å²) in [7, 11) is 0. The third kappa shape index (κ3) is 3.93. The van der Waals surface area contributed by atoms with E-state index in [1.807, 2.05) is 18.7 Å². The fraction of sp³-hybridized carbons (Fsp3) is 0.833. The zero-order valence-electron chi connectivity index (χ0n) is 10.2. The molecule has 92 valence electrons. The highest BCUT2D eigenvalue weighted by atomic mass is 16.5. The van der Waals surface area contributed by atoms with Gasteiger partial charge in [0, 0.05) is 25.6 Å². The molecule has 1 amide bonds. The summed E-state index contributed by atoms with van der Waals surface area (Å²) in [6.45, 7) is 5.97. The summed E-state index contributed by atoms with van der Waals surface area (Å²) in [4.78, 5) is 13.8. The highest BCUT2D eigenvalue weighted by molar-refractivity contribution is 5.78. The maximum Gasteiger partial charge on any atom is 0.225 e. The minimum Gasteiger partial charge on any atom is -0.376 e. The molecular formula is C12H22N2O2. The van der Waals surface area contributed by atoms with E-state index >= 15 is 0 Å². The molecule has 1 aliphatic rings. The lowest BCUT2D eigenvalue weighted by Gasteiger charge is -2.26. The molecule has 0 aromatic carbocycles. The lowest BCUT2D eigenvalue weighted by atomic mass is 10.1. The number of amides is 1. The first-order chi connectivity index (χ1) is 7.65. The first kappa shape index (κ1) is 13.2. The summed E-state index contributed by atoms with van der Waals surface area (Å²) < 4.78 is 5.54. The monoisotopic (exact) mass is 226 g/mol. The van der Waals surface area contributed by atoms with Gasteiger partial charge in [0.15, 0.2) is 0 Å². The van der Waals surface area contributed by atoms with Crippen LogP contribution in [0.3, 0.4) is 0 Å². The van der Waals surface area contributed by atoms with Crippen LogP contribution in [-0.4, -0.2) is 42.8 Å². The number of hydrogen-bond acceptors (Lipinski definition) is 3. The molecule has 0 bridgehead atoms. The molecule has 0 radical (unpaired) electrons. The maximum absolute atomic E-state index is 11.9. The van der Waals surface area contributed by atoms with Gasteiger partial charge in [-0.3, -0.25) is 4.79 Å². The smallest absolute Gasteiger partial charge is 0.225 e. The van der Waals surface area contributed by atoms with Gasteiger partial charge in [-0.15, -0.1) is 0 Å². The normalized spacial score (nSPS) is 20.1. The number of ether oxygens (including phenoxy) is 1. The topological polar surface area (TPSA) is 53.4 Å². The highest BCUT2D eigenvalue weighted by Gasteiger charge is 2.23. The zero-order valence-corrected chi connectivity index (χ0v) is 10.2. The second-order valence-electron chi connectivity index (χ2n) is 4.57. The van der Waals surface area contributed by atoms with Crippen LogP contribution < -0.4 is 0 Å².